The molecule has 1 aromatic heterocycles. The molecule has 0 atom stereocenters. The minimum absolute atomic E-state index is 0.129. The van der Waals surface area contributed by atoms with Gasteiger partial charge in [0, 0.05) is 12.6 Å². The summed E-state index contributed by atoms with van der Waals surface area (Å²) in [6, 6.07) is 1.10. The number of pyridine rings is 1. The molecule has 19 heavy (non-hydrogen) atoms. The molecule has 1 aromatic rings. The van der Waals surface area contributed by atoms with Crippen molar-refractivity contribution in [3.8, 4) is 0 Å². The van der Waals surface area contributed by atoms with Crippen LogP contribution in [0.2, 0.25) is 0 Å². The molecule has 2 rings (SSSR count). The topological polar surface area (TPSA) is 105 Å². The van der Waals surface area contributed by atoms with Crippen LogP contribution in [0.3, 0.4) is 0 Å². The zero-order chi connectivity index (χ0) is 14.0. The maximum Gasteiger partial charge on any atom is 0.364 e. The van der Waals surface area contributed by atoms with E-state index in [4.69, 9.17) is 0 Å². The predicted octanol–water partition coefficient (Wildman–Crippen LogP) is 1.40. The Morgan fingerprint density at radius 1 is 1.63 bits per heavy atom. The van der Waals surface area contributed by atoms with Gasteiger partial charge in [-0.2, -0.15) is 0 Å². The number of carbonyl (C=O) groups is 1. The zero-order valence-electron chi connectivity index (χ0n) is 9.93. The van der Waals surface area contributed by atoms with Crippen molar-refractivity contribution in [3.63, 3.8) is 0 Å². The summed E-state index contributed by atoms with van der Waals surface area (Å²) >= 11 is 3.12. The third-order valence-electron chi connectivity index (χ3n) is 3.13. The first-order valence-corrected chi connectivity index (χ1v) is 6.51. The van der Waals surface area contributed by atoms with E-state index in [1.807, 2.05) is 0 Å². The van der Waals surface area contributed by atoms with Crippen LogP contribution >= 0.6 is 15.9 Å². The molecular weight excluding hydrogens is 318 g/mol. The Balaban J connectivity index is 2.09. The fourth-order valence-electron chi connectivity index (χ4n) is 1.80. The number of nitro groups is 1. The van der Waals surface area contributed by atoms with E-state index in [0.717, 1.165) is 12.5 Å². The molecule has 0 radical (unpaired) electrons. The molecule has 0 aliphatic heterocycles. The second-order valence-electron chi connectivity index (χ2n) is 4.54. The average Bonchev–Trinajstić information content (AvgIpc) is 2.34. The highest BCUT2D eigenvalue weighted by atomic mass is 79.9. The molecule has 1 aliphatic rings. The van der Waals surface area contributed by atoms with Gasteiger partial charge in [-0.3, -0.25) is 4.79 Å². The van der Waals surface area contributed by atoms with Gasteiger partial charge >= 0.3 is 5.82 Å². The molecule has 1 aliphatic carbocycles. The predicted molar refractivity (Wildman–Crippen MR) is 69.7 cm³/mol. The molecule has 1 heterocycles. The van der Waals surface area contributed by atoms with Gasteiger partial charge in [0.2, 0.25) is 0 Å². The molecule has 0 aromatic carbocycles. The smallest absolute Gasteiger partial charge is 0.364 e. The zero-order valence-corrected chi connectivity index (χ0v) is 11.5. The van der Waals surface area contributed by atoms with E-state index in [0.29, 0.717) is 17.3 Å². The van der Waals surface area contributed by atoms with Gasteiger partial charge in [-0.15, -0.1) is 0 Å². The first-order valence-electron chi connectivity index (χ1n) is 5.72. The van der Waals surface area contributed by atoms with E-state index < -0.39 is 22.2 Å². The number of nitrogens with zero attached hydrogens (tertiary/aromatic N) is 2. The normalized spacial score (nSPS) is 16.5. The van der Waals surface area contributed by atoms with Gasteiger partial charge in [-0.25, -0.2) is 0 Å². The average molecular weight is 330 g/mol. The molecule has 0 bridgehead atoms. The Morgan fingerprint density at radius 2 is 2.32 bits per heavy atom. The van der Waals surface area contributed by atoms with Crippen molar-refractivity contribution in [1.29, 1.82) is 0 Å². The van der Waals surface area contributed by atoms with E-state index in [1.165, 1.54) is 6.20 Å². The number of amides is 1. The molecule has 8 heteroatoms. The van der Waals surface area contributed by atoms with Crippen LogP contribution in [0, 0.1) is 10.1 Å². The summed E-state index contributed by atoms with van der Waals surface area (Å²) in [5.41, 5.74) is -0.703. The first-order chi connectivity index (χ1) is 8.91. The van der Waals surface area contributed by atoms with Gasteiger partial charge in [-0.05, 0) is 45.1 Å². The minimum Gasteiger partial charge on any atom is -0.388 e. The van der Waals surface area contributed by atoms with Crippen LogP contribution in [0.5, 0.6) is 0 Å². The number of halogens is 1. The molecule has 0 spiro atoms. The second kappa shape index (κ2) is 5.22. The minimum atomic E-state index is -0.832. The van der Waals surface area contributed by atoms with Crippen molar-refractivity contribution in [2.24, 2.45) is 0 Å². The van der Waals surface area contributed by atoms with Crippen molar-refractivity contribution in [2.45, 2.75) is 24.9 Å². The van der Waals surface area contributed by atoms with Crippen LogP contribution in [0.25, 0.3) is 0 Å². The summed E-state index contributed by atoms with van der Waals surface area (Å²) in [5, 5.41) is 23.1. The summed E-state index contributed by atoms with van der Waals surface area (Å²) in [7, 11) is 0. The maximum absolute atomic E-state index is 11.9. The van der Waals surface area contributed by atoms with Gasteiger partial charge in [0.15, 0.2) is 6.20 Å². The van der Waals surface area contributed by atoms with Crippen LogP contribution < -0.4 is 5.32 Å². The SMILES string of the molecule is O=C(NCC1(O)CCC1)c1cc([N+](=O)[O-])ncc1Br. The summed E-state index contributed by atoms with van der Waals surface area (Å²) in [6.07, 6.45) is 3.47. The Hall–Kier alpha value is -1.54. The van der Waals surface area contributed by atoms with Gasteiger partial charge in [0.1, 0.15) is 0 Å². The van der Waals surface area contributed by atoms with Crippen molar-refractivity contribution >= 4 is 27.7 Å². The highest BCUT2D eigenvalue weighted by Crippen LogP contribution is 2.30. The van der Waals surface area contributed by atoms with E-state index in [9.17, 15) is 20.0 Å². The highest BCUT2D eigenvalue weighted by molar-refractivity contribution is 9.10. The van der Waals surface area contributed by atoms with E-state index in [-0.39, 0.29) is 12.1 Å². The molecular formula is C11H12BrN3O4. The second-order valence-corrected chi connectivity index (χ2v) is 5.39. The molecule has 1 fully saturated rings. The van der Waals surface area contributed by atoms with Crippen LogP contribution in [0.15, 0.2) is 16.7 Å². The molecule has 102 valence electrons. The van der Waals surface area contributed by atoms with E-state index in [1.54, 1.807) is 0 Å². The fourth-order valence-corrected chi connectivity index (χ4v) is 2.20. The first kappa shape index (κ1) is 13.9. The number of hydrogen-bond donors (Lipinski definition) is 2. The molecule has 1 amide bonds. The summed E-state index contributed by atoms with van der Waals surface area (Å²) in [5.74, 6) is -0.867. The molecule has 1 saturated carbocycles. The van der Waals surface area contributed by atoms with Crippen molar-refractivity contribution < 1.29 is 14.8 Å². The third-order valence-corrected chi connectivity index (χ3v) is 3.77. The Bertz CT molecular complexity index is 531. The fraction of sp³-hybridized carbons (Fsp3) is 0.455. The van der Waals surface area contributed by atoms with Crippen molar-refractivity contribution in [2.75, 3.05) is 6.54 Å². The van der Waals surface area contributed by atoms with Gasteiger partial charge < -0.3 is 20.5 Å². The Kier molecular flexibility index (Phi) is 3.81. The Labute approximate surface area is 117 Å². The number of hydrogen-bond acceptors (Lipinski definition) is 5. The molecule has 0 saturated heterocycles. The highest BCUT2D eigenvalue weighted by Gasteiger charge is 2.34. The van der Waals surface area contributed by atoms with Crippen molar-refractivity contribution in [3.05, 3.63) is 32.4 Å². The standard InChI is InChI=1S/C11H12BrN3O4/c12-8-5-13-9(15(18)19)4-7(8)10(16)14-6-11(17)2-1-3-11/h4-5,17H,1-3,6H2,(H,14,16). The van der Waals surface area contributed by atoms with Crippen LogP contribution in [0.1, 0.15) is 29.6 Å². The maximum atomic E-state index is 11.9. The lowest BCUT2D eigenvalue weighted by atomic mass is 9.80. The molecule has 0 unspecified atom stereocenters. The van der Waals surface area contributed by atoms with E-state index in [2.05, 4.69) is 26.2 Å². The van der Waals surface area contributed by atoms with Crippen LogP contribution in [-0.2, 0) is 0 Å². The quantitative estimate of drug-likeness (QED) is 0.641. The van der Waals surface area contributed by atoms with Gasteiger partial charge in [0.25, 0.3) is 5.91 Å². The molecule has 7 nitrogen and oxygen atoms in total. The number of aliphatic hydroxyl groups is 1. The van der Waals surface area contributed by atoms with Gasteiger partial charge in [0.05, 0.1) is 15.6 Å². The number of rotatable bonds is 4. The summed E-state index contributed by atoms with van der Waals surface area (Å²) in [6.45, 7) is 0.147. The lowest BCUT2D eigenvalue weighted by molar-refractivity contribution is -0.389. The third kappa shape index (κ3) is 3.07. The lowest BCUT2D eigenvalue weighted by Gasteiger charge is -2.36. The Morgan fingerprint density at radius 3 is 2.84 bits per heavy atom. The molecule has 2 N–H and O–H groups in total. The van der Waals surface area contributed by atoms with Crippen molar-refractivity contribution in [1.82, 2.24) is 10.3 Å². The number of nitrogens with one attached hydrogen (secondary N) is 1. The van der Waals surface area contributed by atoms with Gasteiger partial charge in [-0.1, -0.05) is 0 Å². The van der Waals surface area contributed by atoms with E-state index >= 15 is 0 Å². The largest absolute Gasteiger partial charge is 0.388 e. The summed E-state index contributed by atoms with van der Waals surface area (Å²) in [4.78, 5) is 25.5. The summed E-state index contributed by atoms with van der Waals surface area (Å²) < 4.78 is 0.371. The monoisotopic (exact) mass is 329 g/mol. The van der Waals surface area contributed by atoms with Crippen LogP contribution in [-0.4, -0.2) is 33.1 Å². The van der Waals surface area contributed by atoms with Crippen LogP contribution in [0.4, 0.5) is 5.82 Å². The number of aromatic nitrogens is 1. The number of carbonyl (C=O) groups excluding carboxylic acids is 1. The lowest BCUT2D eigenvalue weighted by Crippen LogP contribution is -2.47.